The van der Waals surface area contributed by atoms with E-state index in [0.717, 1.165) is 38.5 Å². The summed E-state index contributed by atoms with van der Waals surface area (Å²) in [6.07, 6.45) is 6.01. The molecule has 2 saturated carbocycles. The van der Waals surface area contributed by atoms with Crippen LogP contribution < -0.4 is 0 Å². The van der Waals surface area contributed by atoms with Gasteiger partial charge in [-0.05, 0) is 73.0 Å². The molecule has 2 fully saturated rings. The Morgan fingerprint density at radius 3 is 2.30 bits per heavy atom. The number of carbonyl (C=O) groups is 1. The largest absolute Gasteiger partial charge is 0.469 e. The van der Waals surface area contributed by atoms with Crippen LogP contribution in [0.2, 0.25) is 0 Å². The second kappa shape index (κ2) is 6.81. The van der Waals surface area contributed by atoms with Crippen molar-refractivity contribution in [3.8, 4) is 0 Å². The number of esters is 1. The smallest absolute Gasteiger partial charge is 0.308 e. The fourth-order valence-corrected chi connectivity index (χ4v) is 8.88. The molecule has 0 aromatic heterocycles. The van der Waals surface area contributed by atoms with Gasteiger partial charge < -0.3 is 14.9 Å². The molecule has 0 aromatic rings. The van der Waals surface area contributed by atoms with Crippen LogP contribution in [0.15, 0.2) is 11.1 Å². The highest BCUT2D eigenvalue weighted by Crippen LogP contribution is 2.72. The summed E-state index contributed by atoms with van der Waals surface area (Å²) in [5, 5.41) is 22.4. The number of aliphatic hydroxyl groups is 2. The van der Waals surface area contributed by atoms with E-state index in [-0.39, 0.29) is 45.6 Å². The van der Waals surface area contributed by atoms with Crippen LogP contribution in [0.5, 0.6) is 0 Å². The first-order chi connectivity index (χ1) is 13.9. The minimum absolute atomic E-state index is 0.0493. The number of carbonyl (C=O) groups excluding carboxylic acids is 1. The molecule has 4 heteroatoms. The predicted octanol–water partition coefficient (Wildman–Crippen LogP) is 4.88. The van der Waals surface area contributed by atoms with Crippen molar-refractivity contribution < 1.29 is 19.7 Å². The Bertz CT molecular complexity index is 769. The highest BCUT2D eigenvalue weighted by Gasteiger charge is 2.66. The highest BCUT2D eigenvalue weighted by molar-refractivity contribution is 5.72. The molecule has 0 aromatic carbocycles. The van der Waals surface area contributed by atoms with Crippen molar-refractivity contribution >= 4 is 5.97 Å². The lowest BCUT2D eigenvalue weighted by Crippen LogP contribution is -2.58. The third-order valence-electron chi connectivity index (χ3n) is 11.0. The van der Waals surface area contributed by atoms with E-state index in [0.29, 0.717) is 12.3 Å². The topological polar surface area (TPSA) is 66.8 Å². The van der Waals surface area contributed by atoms with Gasteiger partial charge in [0.1, 0.15) is 0 Å². The normalized spacial score (nSPS) is 48.4. The summed E-state index contributed by atoms with van der Waals surface area (Å²) in [5.41, 5.74) is 2.61. The van der Waals surface area contributed by atoms with Gasteiger partial charge in [-0.2, -0.15) is 0 Å². The van der Waals surface area contributed by atoms with Gasteiger partial charge in [-0.15, -0.1) is 0 Å². The molecule has 4 rings (SSSR count). The first kappa shape index (κ1) is 22.3. The molecule has 170 valence electrons. The minimum atomic E-state index is -0.452. The molecule has 8 atom stereocenters. The molecular formula is C26H42O4. The van der Waals surface area contributed by atoms with Crippen LogP contribution in [0.4, 0.5) is 0 Å². The summed E-state index contributed by atoms with van der Waals surface area (Å²) in [5.74, 6) is 0.221. The summed E-state index contributed by atoms with van der Waals surface area (Å²) in [6.45, 7) is 13.5. The van der Waals surface area contributed by atoms with Gasteiger partial charge in [-0.25, -0.2) is 0 Å². The molecule has 2 N–H and O–H groups in total. The van der Waals surface area contributed by atoms with E-state index in [2.05, 4.69) is 34.6 Å². The van der Waals surface area contributed by atoms with Gasteiger partial charge in [0.05, 0.1) is 25.2 Å². The van der Waals surface area contributed by atoms with Gasteiger partial charge in [0.25, 0.3) is 0 Å². The minimum Gasteiger partial charge on any atom is -0.469 e. The number of aliphatic hydroxyl groups excluding tert-OH is 2. The molecule has 0 amide bonds. The van der Waals surface area contributed by atoms with Gasteiger partial charge >= 0.3 is 5.97 Å². The van der Waals surface area contributed by atoms with E-state index in [1.807, 2.05) is 6.92 Å². The summed E-state index contributed by atoms with van der Waals surface area (Å²) in [7, 11) is 1.47. The van der Waals surface area contributed by atoms with Gasteiger partial charge in [0.2, 0.25) is 0 Å². The number of allylic oxidation sites excluding steroid dienone is 1. The van der Waals surface area contributed by atoms with Gasteiger partial charge in [0.15, 0.2) is 0 Å². The van der Waals surface area contributed by atoms with Crippen LogP contribution in [-0.4, -0.2) is 35.5 Å². The maximum absolute atomic E-state index is 12.4. The molecule has 0 heterocycles. The molecule has 1 unspecified atom stereocenters. The second-order valence-corrected chi connectivity index (χ2v) is 12.1. The second-order valence-electron chi connectivity index (χ2n) is 12.1. The Morgan fingerprint density at radius 2 is 1.67 bits per heavy atom. The zero-order chi connectivity index (χ0) is 22.3. The number of hydrogen-bond acceptors (Lipinski definition) is 4. The summed E-state index contributed by atoms with van der Waals surface area (Å²) in [4.78, 5) is 12.4. The Labute approximate surface area is 182 Å². The van der Waals surface area contributed by atoms with Crippen molar-refractivity contribution in [1.29, 1.82) is 0 Å². The number of rotatable bonds is 2. The lowest BCUT2D eigenvalue weighted by Gasteiger charge is -2.63. The van der Waals surface area contributed by atoms with E-state index in [4.69, 9.17) is 4.74 Å². The number of fused-ring (bicyclic) bond motifs is 4. The van der Waals surface area contributed by atoms with E-state index < -0.39 is 6.10 Å². The molecule has 4 aliphatic carbocycles. The molecule has 4 nitrogen and oxygen atoms in total. The van der Waals surface area contributed by atoms with Crippen LogP contribution >= 0.6 is 0 Å². The zero-order valence-electron chi connectivity index (χ0n) is 20.0. The Balaban J connectivity index is 1.80. The first-order valence-corrected chi connectivity index (χ1v) is 12.0. The SMILES string of the molecule is COC(=O)[C@@H](C)[C@H]1CC[C@@]2(C)C3=C(C[C@@H](O)[C@]12C)[C@@]1(C)CC[C@H](O)C(C)(C)C1CC3. The van der Waals surface area contributed by atoms with Crippen molar-refractivity contribution in [2.45, 2.75) is 98.7 Å². The number of methoxy groups -OCH3 is 1. The van der Waals surface area contributed by atoms with Crippen molar-refractivity contribution in [1.82, 2.24) is 0 Å². The summed E-state index contributed by atoms with van der Waals surface area (Å²) < 4.78 is 5.09. The maximum atomic E-state index is 12.4. The van der Waals surface area contributed by atoms with E-state index in [1.54, 1.807) is 5.57 Å². The van der Waals surface area contributed by atoms with Gasteiger partial charge in [-0.3, -0.25) is 4.79 Å². The number of ether oxygens (including phenoxy) is 1. The molecule has 0 bridgehead atoms. The maximum Gasteiger partial charge on any atom is 0.308 e. The molecule has 30 heavy (non-hydrogen) atoms. The summed E-state index contributed by atoms with van der Waals surface area (Å²) >= 11 is 0. The average molecular weight is 419 g/mol. The fourth-order valence-electron chi connectivity index (χ4n) is 8.88. The lowest BCUT2D eigenvalue weighted by molar-refractivity contribution is -0.153. The van der Waals surface area contributed by atoms with E-state index >= 15 is 0 Å². The van der Waals surface area contributed by atoms with Gasteiger partial charge in [-0.1, -0.05) is 52.7 Å². The quantitative estimate of drug-likeness (QED) is 0.496. The molecule has 0 radical (unpaired) electrons. The monoisotopic (exact) mass is 418 g/mol. The van der Waals surface area contributed by atoms with Crippen LogP contribution in [-0.2, 0) is 9.53 Å². The van der Waals surface area contributed by atoms with Crippen molar-refractivity contribution in [2.24, 2.45) is 39.4 Å². The van der Waals surface area contributed by atoms with Crippen molar-refractivity contribution in [2.75, 3.05) is 7.11 Å². The Hall–Kier alpha value is -0.870. The van der Waals surface area contributed by atoms with Crippen LogP contribution in [0.1, 0.15) is 86.5 Å². The summed E-state index contributed by atoms with van der Waals surface area (Å²) in [6, 6.07) is 0. The van der Waals surface area contributed by atoms with Crippen molar-refractivity contribution in [3.63, 3.8) is 0 Å². The third-order valence-corrected chi connectivity index (χ3v) is 11.0. The molecule has 0 spiro atoms. The zero-order valence-corrected chi connectivity index (χ0v) is 20.0. The van der Waals surface area contributed by atoms with E-state index in [9.17, 15) is 15.0 Å². The van der Waals surface area contributed by atoms with E-state index in [1.165, 1.54) is 12.7 Å². The van der Waals surface area contributed by atoms with Crippen LogP contribution in [0.25, 0.3) is 0 Å². The standard InChI is InChI=1S/C26H42O4/c1-15(22(29)30-7)16-10-13-25(5)17-8-9-19-23(2,3)20(27)11-12-24(19,4)18(17)14-21(28)26(16,25)6/h15-16,19-21,27-28H,8-14H2,1-7H3/t15-,16+,19?,20-,21+,24+,25-,26-/m0/s1. The highest BCUT2D eigenvalue weighted by atomic mass is 16.5. The molecule has 0 saturated heterocycles. The molecule has 4 aliphatic rings. The van der Waals surface area contributed by atoms with Crippen LogP contribution in [0.3, 0.4) is 0 Å². The van der Waals surface area contributed by atoms with Crippen LogP contribution in [0, 0.1) is 39.4 Å². The fraction of sp³-hybridized carbons (Fsp3) is 0.885. The first-order valence-electron chi connectivity index (χ1n) is 12.0. The van der Waals surface area contributed by atoms with Crippen molar-refractivity contribution in [3.05, 3.63) is 11.1 Å². The number of hydrogen-bond donors (Lipinski definition) is 2. The predicted molar refractivity (Wildman–Crippen MR) is 118 cm³/mol. The third kappa shape index (κ3) is 2.56. The van der Waals surface area contributed by atoms with Gasteiger partial charge in [0, 0.05) is 5.41 Å². The average Bonchev–Trinajstić information content (AvgIpc) is 2.98. The lowest BCUT2D eigenvalue weighted by atomic mass is 9.42. The Kier molecular flexibility index (Phi) is 5.07. The Morgan fingerprint density at radius 1 is 1.00 bits per heavy atom. The molecule has 0 aliphatic heterocycles. The molecular weight excluding hydrogens is 376 g/mol.